The van der Waals surface area contributed by atoms with E-state index in [1.165, 1.54) is 12.8 Å². The van der Waals surface area contributed by atoms with Crippen molar-refractivity contribution < 1.29 is 4.74 Å². The second-order valence-corrected chi connectivity index (χ2v) is 8.07. The quantitative estimate of drug-likeness (QED) is 0.495. The summed E-state index contributed by atoms with van der Waals surface area (Å²) in [5.74, 6) is 1.54. The number of imidazole rings is 1. The first-order chi connectivity index (χ1) is 13.7. The summed E-state index contributed by atoms with van der Waals surface area (Å²) in [6.07, 6.45) is 6.48. The largest absolute Gasteiger partial charge is 0.379 e. The Kier molecular flexibility index (Phi) is 8.12. The molecule has 1 saturated heterocycles. The van der Waals surface area contributed by atoms with Crippen LogP contribution in [-0.2, 0) is 11.3 Å². The Morgan fingerprint density at radius 3 is 2.71 bits per heavy atom. The zero-order valence-electron chi connectivity index (χ0n) is 17.4. The maximum absolute atomic E-state index is 5.56. The van der Waals surface area contributed by atoms with Gasteiger partial charge in [-0.05, 0) is 12.8 Å². The van der Waals surface area contributed by atoms with Gasteiger partial charge in [-0.1, -0.05) is 26.7 Å². The van der Waals surface area contributed by atoms with Gasteiger partial charge in [0.25, 0.3) is 0 Å². The average Bonchev–Trinajstić information content (AvgIpc) is 3.31. The summed E-state index contributed by atoms with van der Waals surface area (Å²) in [7, 11) is 0. The maximum atomic E-state index is 5.56. The summed E-state index contributed by atoms with van der Waals surface area (Å²) < 4.78 is 7.61. The zero-order chi connectivity index (χ0) is 19.8. The molecule has 2 N–H and O–H groups in total. The SMILES string of the molecule is CCNC(=NCc1cn2ccsc2n1)NCC(C(CC)CC)N1CCOCC1. The van der Waals surface area contributed by atoms with E-state index in [0.29, 0.717) is 18.5 Å². The van der Waals surface area contributed by atoms with Crippen molar-refractivity contribution in [3.8, 4) is 0 Å². The van der Waals surface area contributed by atoms with E-state index in [0.717, 1.165) is 56.0 Å². The molecule has 2 aromatic heterocycles. The number of guanidine groups is 1. The van der Waals surface area contributed by atoms with E-state index < -0.39 is 0 Å². The van der Waals surface area contributed by atoms with Crippen molar-refractivity contribution in [3.05, 3.63) is 23.5 Å². The first-order valence-electron chi connectivity index (χ1n) is 10.5. The molecule has 0 saturated carbocycles. The third-order valence-corrected chi connectivity index (χ3v) is 6.24. The normalized spacial score (nSPS) is 17.4. The molecule has 0 bridgehead atoms. The lowest BCUT2D eigenvalue weighted by Crippen LogP contribution is -2.53. The highest BCUT2D eigenvalue weighted by Crippen LogP contribution is 2.19. The average molecular weight is 407 g/mol. The van der Waals surface area contributed by atoms with Gasteiger partial charge in [0.2, 0.25) is 0 Å². The third-order valence-electron chi connectivity index (χ3n) is 5.47. The van der Waals surface area contributed by atoms with Crippen molar-refractivity contribution in [2.75, 3.05) is 39.4 Å². The molecule has 8 heteroatoms. The molecule has 3 heterocycles. The van der Waals surface area contributed by atoms with Crippen LogP contribution in [-0.4, -0.2) is 65.7 Å². The monoisotopic (exact) mass is 406 g/mol. The second-order valence-electron chi connectivity index (χ2n) is 7.19. The number of nitrogens with one attached hydrogen (secondary N) is 2. The van der Waals surface area contributed by atoms with Gasteiger partial charge in [0.05, 0.1) is 25.5 Å². The number of hydrogen-bond acceptors (Lipinski definition) is 5. The molecule has 1 unspecified atom stereocenters. The Morgan fingerprint density at radius 2 is 2.04 bits per heavy atom. The fourth-order valence-electron chi connectivity index (χ4n) is 3.89. The standard InChI is InChI=1S/C20H34N6OS/c1-4-16(5-2)18(25-7-10-27-11-8-25)14-23-19(21-6-3)22-13-17-15-26-9-12-28-20(26)24-17/h9,12,15-16,18H,4-8,10-11,13-14H2,1-3H3,(H2,21,22,23). The predicted octanol–water partition coefficient (Wildman–Crippen LogP) is 2.59. The van der Waals surface area contributed by atoms with Crippen LogP contribution in [0.4, 0.5) is 0 Å². The van der Waals surface area contributed by atoms with Crippen LogP contribution in [0.3, 0.4) is 0 Å². The number of morpholine rings is 1. The van der Waals surface area contributed by atoms with Gasteiger partial charge in [-0.25, -0.2) is 9.98 Å². The van der Waals surface area contributed by atoms with Gasteiger partial charge in [-0.15, -0.1) is 11.3 Å². The van der Waals surface area contributed by atoms with Crippen molar-refractivity contribution >= 4 is 22.3 Å². The summed E-state index contributed by atoms with van der Waals surface area (Å²) in [6.45, 7) is 12.7. The first-order valence-corrected chi connectivity index (χ1v) is 11.4. The fourth-order valence-corrected chi connectivity index (χ4v) is 4.61. The van der Waals surface area contributed by atoms with Gasteiger partial charge in [-0.3, -0.25) is 9.30 Å². The van der Waals surface area contributed by atoms with E-state index in [4.69, 9.17) is 9.73 Å². The van der Waals surface area contributed by atoms with Crippen LogP contribution < -0.4 is 10.6 Å². The fraction of sp³-hybridized carbons (Fsp3) is 0.700. The molecule has 0 amide bonds. The Balaban J connectivity index is 1.63. The predicted molar refractivity (Wildman–Crippen MR) is 116 cm³/mol. The Morgan fingerprint density at radius 1 is 1.25 bits per heavy atom. The van der Waals surface area contributed by atoms with Crippen LogP contribution in [0.5, 0.6) is 0 Å². The van der Waals surface area contributed by atoms with Crippen molar-refractivity contribution in [1.82, 2.24) is 24.9 Å². The van der Waals surface area contributed by atoms with Crippen LogP contribution in [0, 0.1) is 5.92 Å². The van der Waals surface area contributed by atoms with Gasteiger partial charge < -0.3 is 15.4 Å². The highest BCUT2D eigenvalue weighted by Gasteiger charge is 2.27. The Bertz CT molecular complexity index is 703. The van der Waals surface area contributed by atoms with E-state index in [-0.39, 0.29) is 0 Å². The molecule has 1 atom stereocenters. The minimum atomic E-state index is 0.501. The van der Waals surface area contributed by atoms with Crippen LogP contribution >= 0.6 is 11.3 Å². The third kappa shape index (κ3) is 5.46. The van der Waals surface area contributed by atoms with Crippen molar-refractivity contribution in [2.45, 2.75) is 46.2 Å². The first kappa shape index (κ1) is 21.1. The van der Waals surface area contributed by atoms with Gasteiger partial charge in [0, 0.05) is 50.0 Å². The molecule has 156 valence electrons. The summed E-state index contributed by atoms with van der Waals surface area (Å²) in [5.41, 5.74) is 0.994. The van der Waals surface area contributed by atoms with Gasteiger partial charge in [0.15, 0.2) is 10.9 Å². The molecule has 1 aliphatic rings. The number of nitrogens with zero attached hydrogens (tertiary/aromatic N) is 4. The number of thiazole rings is 1. The second kappa shape index (κ2) is 10.8. The van der Waals surface area contributed by atoms with E-state index in [9.17, 15) is 0 Å². The zero-order valence-corrected chi connectivity index (χ0v) is 18.2. The molecule has 7 nitrogen and oxygen atoms in total. The van der Waals surface area contributed by atoms with Crippen LogP contribution in [0.15, 0.2) is 22.8 Å². The maximum Gasteiger partial charge on any atom is 0.193 e. The molecule has 0 aromatic carbocycles. The smallest absolute Gasteiger partial charge is 0.193 e. The van der Waals surface area contributed by atoms with E-state index in [1.54, 1.807) is 11.3 Å². The van der Waals surface area contributed by atoms with Crippen molar-refractivity contribution in [1.29, 1.82) is 0 Å². The minimum Gasteiger partial charge on any atom is -0.379 e. The number of aliphatic imine (C=N–C) groups is 1. The minimum absolute atomic E-state index is 0.501. The van der Waals surface area contributed by atoms with Crippen molar-refractivity contribution in [2.24, 2.45) is 10.9 Å². The number of aromatic nitrogens is 2. The Labute approximate surface area is 172 Å². The molecule has 3 rings (SSSR count). The molecule has 1 fully saturated rings. The summed E-state index contributed by atoms with van der Waals surface area (Å²) in [4.78, 5) is 13.0. The molecule has 0 radical (unpaired) electrons. The van der Waals surface area contributed by atoms with E-state index in [2.05, 4.69) is 51.9 Å². The van der Waals surface area contributed by atoms with E-state index >= 15 is 0 Å². The molecule has 1 aliphatic heterocycles. The summed E-state index contributed by atoms with van der Waals surface area (Å²) in [5, 5.41) is 9.01. The van der Waals surface area contributed by atoms with Gasteiger partial charge in [-0.2, -0.15) is 0 Å². The molecular formula is C20H34N6OS. The Hall–Kier alpha value is -1.64. The summed E-state index contributed by atoms with van der Waals surface area (Å²) >= 11 is 1.65. The molecule has 28 heavy (non-hydrogen) atoms. The lowest BCUT2D eigenvalue weighted by atomic mass is 9.92. The van der Waals surface area contributed by atoms with Crippen LogP contribution in [0.25, 0.3) is 4.96 Å². The topological polar surface area (TPSA) is 66.2 Å². The summed E-state index contributed by atoms with van der Waals surface area (Å²) in [6, 6.07) is 0.501. The van der Waals surface area contributed by atoms with Gasteiger partial charge in [0.1, 0.15) is 0 Å². The van der Waals surface area contributed by atoms with Crippen molar-refractivity contribution in [3.63, 3.8) is 0 Å². The number of fused-ring (bicyclic) bond motifs is 1. The molecular weight excluding hydrogens is 372 g/mol. The van der Waals surface area contributed by atoms with Crippen LogP contribution in [0.2, 0.25) is 0 Å². The number of rotatable bonds is 9. The lowest BCUT2D eigenvalue weighted by Gasteiger charge is -2.39. The molecule has 0 aliphatic carbocycles. The van der Waals surface area contributed by atoms with E-state index in [1.807, 2.05) is 11.6 Å². The van der Waals surface area contributed by atoms with Gasteiger partial charge >= 0.3 is 0 Å². The van der Waals surface area contributed by atoms with Crippen LogP contribution in [0.1, 0.15) is 39.3 Å². The molecule has 2 aromatic rings. The lowest BCUT2D eigenvalue weighted by molar-refractivity contribution is 0.00272. The highest BCUT2D eigenvalue weighted by molar-refractivity contribution is 7.15. The number of ether oxygens (including phenoxy) is 1. The molecule has 0 spiro atoms. The number of hydrogen-bond donors (Lipinski definition) is 2. The highest BCUT2D eigenvalue weighted by atomic mass is 32.1.